The van der Waals surface area contributed by atoms with Crippen molar-refractivity contribution in [2.75, 3.05) is 38.3 Å². The lowest BCUT2D eigenvalue weighted by molar-refractivity contribution is 0.0180. The van der Waals surface area contributed by atoms with Crippen molar-refractivity contribution in [3.63, 3.8) is 0 Å². The molecule has 0 aliphatic carbocycles. The van der Waals surface area contributed by atoms with Gasteiger partial charge in [0.2, 0.25) is 0 Å². The fourth-order valence-electron chi connectivity index (χ4n) is 2.75. The molecule has 21 heavy (non-hydrogen) atoms. The second-order valence-electron chi connectivity index (χ2n) is 5.70. The first-order valence-electron chi connectivity index (χ1n) is 7.78. The molecular weight excluding hydrogens is 282 g/mol. The molecule has 0 spiro atoms. The highest BCUT2D eigenvalue weighted by molar-refractivity contribution is 6.66. The second kappa shape index (κ2) is 7.94. The number of para-hydroxylation sites is 1. The summed E-state index contributed by atoms with van der Waals surface area (Å²) in [6, 6.07) is 11.4. The molecule has 0 aromatic heterocycles. The molecular formula is C16H27NO3Si. The summed E-state index contributed by atoms with van der Waals surface area (Å²) >= 11 is 0. The molecule has 0 saturated carbocycles. The summed E-state index contributed by atoms with van der Waals surface area (Å²) in [4.78, 5) is 2.22. The van der Waals surface area contributed by atoms with E-state index in [2.05, 4.69) is 42.8 Å². The zero-order chi connectivity index (χ0) is 15.1. The summed E-state index contributed by atoms with van der Waals surface area (Å²) in [6.07, 6.45) is 1.10. The Morgan fingerprint density at radius 3 is 2.81 bits per heavy atom. The summed E-state index contributed by atoms with van der Waals surface area (Å²) in [5.74, 6) is 0. The minimum atomic E-state index is -2.06. The maximum absolute atomic E-state index is 6.36. The van der Waals surface area contributed by atoms with Gasteiger partial charge in [-0.05, 0) is 38.1 Å². The van der Waals surface area contributed by atoms with Crippen molar-refractivity contribution in [2.24, 2.45) is 0 Å². The fraction of sp³-hybridized carbons (Fsp3) is 0.625. The standard InChI is InChI=1S/C16H27NO3Si/c1-4-19-21(3)12-8-11-18-14-16(20-21)13-17(2)15-9-6-5-7-10-15/h5-7,9-10,16H,4,8,11-14H2,1-3H3. The largest absolute Gasteiger partial charge is 0.395 e. The zero-order valence-electron chi connectivity index (χ0n) is 13.4. The van der Waals surface area contributed by atoms with Crippen LogP contribution >= 0.6 is 0 Å². The first-order valence-corrected chi connectivity index (χ1v) is 10.3. The predicted octanol–water partition coefficient (Wildman–Crippen LogP) is 3.04. The minimum Gasteiger partial charge on any atom is -0.395 e. The number of anilines is 1. The molecule has 4 nitrogen and oxygen atoms in total. The van der Waals surface area contributed by atoms with E-state index in [0.29, 0.717) is 6.61 Å². The van der Waals surface area contributed by atoms with Crippen molar-refractivity contribution in [2.45, 2.75) is 32.0 Å². The first-order chi connectivity index (χ1) is 10.1. The highest BCUT2D eigenvalue weighted by atomic mass is 28.4. The first kappa shape index (κ1) is 16.5. The van der Waals surface area contributed by atoms with Gasteiger partial charge < -0.3 is 18.5 Å². The van der Waals surface area contributed by atoms with Crippen LogP contribution in [0.5, 0.6) is 0 Å². The average Bonchev–Trinajstić information content (AvgIpc) is 2.46. The van der Waals surface area contributed by atoms with Crippen LogP contribution in [-0.2, 0) is 13.6 Å². The molecule has 118 valence electrons. The third-order valence-corrected chi connectivity index (χ3v) is 6.76. The van der Waals surface area contributed by atoms with Crippen molar-refractivity contribution in [1.82, 2.24) is 0 Å². The molecule has 1 saturated heterocycles. The maximum Gasteiger partial charge on any atom is 0.335 e. The van der Waals surface area contributed by atoms with Gasteiger partial charge in [-0.25, -0.2) is 0 Å². The Bertz CT molecular complexity index is 417. The Hall–Kier alpha value is -0.883. The number of hydrogen-bond donors (Lipinski definition) is 0. The third kappa shape index (κ3) is 5.11. The van der Waals surface area contributed by atoms with Crippen LogP contribution in [0.2, 0.25) is 12.6 Å². The second-order valence-corrected chi connectivity index (χ2v) is 8.99. The molecule has 0 bridgehead atoms. The van der Waals surface area contributed by atoms with Crippen LogP contribution in [0.3, 0.4) is 0 Å². The van der Waals surface area contributed by atoms with Gasteiger partial charge in [-0.15, -0.1) is 0 Å². The molecule has 1 aromatic rings. The smallest absolute Gasteiger partial charge is 0.335 e. The van der Waals surface area contributed by atoms with Crippen LogP contribution in [0.25, 0.3) is 0 Å². The molecule has 1 heterocycles. The summed E-state index contributed by atoms with van der Waals surface area (Å²) in [7, 11) is 0.0376. The minimum absolute atomic E-state index is 0.0683. The number of hydrogen-bond acceptors (Lipinski definition) is 4. The predicted molar refractivity (Wildman–Crippen MR) is 88.1 cm³/mol. The van der Waals surface area contributed by atoms with Gasteiger partial charge in [0.05, 0.1) is 12.7 Å². The molecule has 2 rings (SSSR count). The van der Waals surface area contributed by atoms with Gasteiger partial charge in [-0.3, -0.25) is 0 Å². The lowest BCUT2D eigenvalue weighted by atomic mass is 10.2. The van der Waals surface area contributed by atoms with Crippen LogP contribution in [-0.4, -0.2) is 48.1 Å². The van der Waals surface area contributed by atoms with Crippen LogP contribution in [0, 0.1) is 0 Å². The Morgan fingerprint density at radius 1 is 1.33 bits per heavy atom. The third-order valence-electron chi connectivity index (χ3n) is 3.76. The maximum atomic E-state index is 6.36. The van der Waals surface area contributed by atoms with Gasteiger partial charge in [-0.1, -0.05) is 18.2 Å². The van der Waals surface area contributed by atoms with E-state index in [1.165, 1.54) is 5.69 Å². The molecule has 1 aliphatic rings. The van der Waals surface area contributed by atoms with E-state index < -0.39 is 8.56 Å². The number of benzene rings is 1. The van der Waals surface area contributed by atoms with Crippen molar-refractivity contribution in [1.29, 1.82) is 0 Å². The van der Waals surface area contributed by atoms with Crippen LogP contribution in [0.4, 0.5) is 5.69 Å². The normalized spacial score (nSPS) is 26.9. The van der Waals surface area contributed by atoms with E-state index in [1.54, 1.807) is 0 Å². The van der Waals surface area contributed by atoms with Gasteiger partial charge >= 0.3 is 8.56 Å². The van der Waals surface area contributed by atoms with Crippen LogP contribution in [0.15, 0.2) is 30.3 Å². The molecule has 1 aliphatic heterocycles. The molecule has 0 radical (unpaired) electrons. The van der Waals surface area contributed by atoms with Gasteiger partial charge in [0.25, 0.3) is 0 Å². The van der Waals surface area contributed by atoms with Crippen molar-refractivity contribution in [3.8, 4) is 0 Å². The topological polar surface area (TPSA) is 30.9 Å². The number of ether oxygens (including phenoxy) is 1. The Morgan fingerprint density at radius 2 is 2.10 bits per heavy atom. The van der Waals surface area contributed by atoms with E-state index in [9.17, 15) is 0 Å². The fourth-order valence-corrected chi connectivity index (χ4v) is 5.33. The Labute approximate surface area is 129 Å². The number of rotatable bonds is 5. The molecule has 1 fully saturated rings. The highest BCUT2D eigenvalue weighted by Gasteiger charge is 2.35. The van der Waals surface area contributed by atoms with Crippen LogP contribution < -0.4 is 4.90 Å². The molecule has 1 aromatic carbocycles. The zero-order valence-corrected chi connectivity index (χ0v) is 14.4. The average molecular weight is 309 g/mol. The summed E-state index contributed by atoms with van der Waals surface area (Å²) < 4.78 is 18.0. The van der Waals surface area contributed by atoms with Gasteiger partial charge in [0.1, 0.15) is 0 Å². The monoisotopic (exact) mass is 309 g/mol. The van der Waals surface area contributed by atoms with Gasteiger partial charge in [-0.2, -0.15) is 0 Å². The van der Waals surface area contributed by atoms with Gasteiger partial charge in [0, 0.05) is 32.5 Å². The van der Waals surface area contributed by atoms with Crippen molar-refractivity contribution >= 4 is 14.2 Å². The van der Waals surface area contributed by atoms with E-state index in [1.807, 2.05) is 13.0 Å². The van der Waals surface area contributed by atoms with E-state index in [-0.39, 0.29) is 6.10 Å². The summed E-state index contributed by atoms with van der Waals surface area (Å²) in [5.41, 5.74) is 1.20. The number of nitrogens with zero attached hydrogens (tertiary/aromatic N) is 1. The van der Waals surface area contributed by atoms with Crippen LogP contribution in [0.1, 0.15) is 13.3 Å². The summed E-state index contributed by atoms with van der Waals surface area (Å²) in [6.45, 7) is 7.22. The van der Waals surface area contributed by atoms with E-state index in [4.69, 9.17) is 13.6 Å². The lowest BCUT2D eigenvalue weighted by Crippen LogP contribution is -2.48. The quantitative estimate of drug-likeness (QED) is 0.782. The van der Waals surface area contributed by atoms with Crippen molar-refractivity contribution < 1.29 is 13.6 Å². The molecule has 0 amide bonds. The highest BCUT2D eigenvalue weighted by Crippen LogP contribution is 2.22. The van der Waals surface area contributed by atoms with E-state index in [0.717, 1.165) is 32.2 Å². The Kier molecular flexibility index (Phi) is 6.23. The molecule has 2 atom stereocenters. The SMILES string of the molecule is CCO[Si]1(C)CCCOCC(CN(C)c2ccccc2)O1. The molecule has 5 heteroatoms. The van der Waals surface area contributed by atoms with Gasteiger partial charge in [0.15, 0.2) is 0 Å². The summed E-state index contributed by atoms with van der Waals surface area (Å²) in [5, 5.41) is 0. The molecule has 2 unspecified atom stereocenters. The van der Waals surface area contributed by atoms with E-state index >= 15 is 0 Å². The lowest BCUT2D eigenvalue weighted by Gasteiger charge is -2.35. The number of likely N-dealkylation sites (N-methyl/N-ethyl adjacent to an activating group) is 1. The Balaban J connectivity index is 1.99. The van der Waals surface area contributed by atoms with Crippen molar-refractivity contribution in [3.05, 3.63) is 30.3 Å². The molecule has 0 N–H and O–H groups in total.